The Balaban J connectivity index is 2.29. The fourth-order valence-corrected chi connectivity index (χ4v) is 2.83. The molecule has 2 nitrogen and oxygen atoms in total. The normalized spacial score (nSPS) is 11.8. The molecule has 6 heteroatoms. The van der Waals surface area contributed by atoms with Gasteiger partial charge >= 0.3 is 6.18 Å². The standard InChI is InChI=1S/C13H13F3N2S/c1-8-3-2-4-9(5-8)6-11-18-12(13(14,15)16)10(7-17)19-11/h2-5H,6-7,17H2,1H3. The second-order valence-electron chi connectivity index (χ2n) is 4.25. The molecule has 0 unspecified atom stereocenters. The van der Waals surface area contributed by atoms with Crippen LogP contribution in [0.5, 0.6) is 0 Å². The maximum atomic E-state index is 12.7. The summed E-state index contributed by atoms with van der Waals surface area (Å²) in [7, 11) is 0. The molecule has 0 bridgehead atoms. The van der Waals surface area contributed by atoms with E-state index in [-0.39, 0.29) is 11.4 Å². The maximum absolute atomic E-state index is 12.7. The fraction of sp³-hybridized carbons (Fsp3) is 0.308. The van der Waals surface area contributed by atoms with Crippen molar-refractivity contribution in [2.24, 2.45) is 5.73 Å². The Morgan fingerprint density at radius 2 is 2.05 bits per heavy atom. The minimum absolute atomic E-state index is 0.0927. The van der Waals surface area contributed by atoms with Crippen molar-refractivity contribution < 1.29 is 13.2 Å². The van der Waals surface area contributed by atoms with Gasteiger partial charge in [0.25, 0.3) is 0 Å². The average Bonchev–Trinajstić information content (AvgIpc) is 2.72. The van der Waals surface area contributed by atoms with E-state index < -0.39 is 11.9 Å². The number of alkyl halides is 3. The highest BCUT2D eigenvalue weighted by Crippen LogP contribution is 2.34. The van der Waals surface area contributed by atoms with Gasteiger partial charge in [0.1, 0.15) is 0 Å². The summed E-state index contributed by atoms with van der Waals surface area (Å²) in [5.41, 5.74) is 6.53. The molecular weight excluding hydrogens is 273 g/mol. The molecule has 2 N–H and O–H groups in total. The van der Waals surface area contributed by atoms with Crippen LogP contribution in [-0.2, 0) is 19.1 Å². The van der Waals surface area contributed by atoms with Crippen LogP contribution >= 0.6 is 11.3 Å². The van der Waals surface area contributed by atoms with Crippen molar-refractivity contribution in [3.63, 3.8) is 0 Å². The summed E-state index contributed by atoms with van der Waals surface area (Å²) in [6, 6.07) is 7.64. The maximum Gasteiger partial charge on any atom is 0.434 e. The highest BCUT2D eigenvalue weighted by Gasteiger charge is 2.36. The Bertz CT molecular complexity index is 576. The molecule has 0 saturated heterocycles. The number of aryl methyl sites for hydroxylation is 1. The molecule has 2 rings (SSSR count). The lowest BCUT2D eigenvalue weighted by atomic mass is 10.1. The van der Waals surface area contributed by atoms with Gasteiger partial charge in [-0.15, -0.1) is 11.3 Å². The van der Waals surface area contributed by atoms with Gasteiger partial charge in [0, 0.05) is 13.0 Å². The number of benzene rings is 1. The predicted molar refractivity (Wildman–Crippen MR) is 69.0 cm³/mol. The number of hydrogen-bond donors (Lipinski definition) is 1. The number of rotatable bonds is 3. The number of aromatic nitrogens is 1. The first-order valence-electron chi connectivity index (χ1n) is 5.71. The Labute approximate surface area is 113 Å². The zero-order valence-electron chi connectivity index (χ0n) is 10.3. The van der Waals surface area contributed by atoms with Crippen molar-refractivity contribution in [3.05, 3.63) is 51.0 Å². The lowest BCUT2D eigenvalue weighted by molar-refractivity contribution is -0.141. The monoisotopic (exact) mass is 286 g/mol. The highest BCUT2D eigenvalue weighted by molar-refractivity contribution is 7.11. The Morgan fingerprint density at radius 3 is 2.58 bits per heavy atom. The third kappa shape index (κ3) is 3.33. The summed E-state index contributed by atoms with van der Waals surface area (Å²) in [5.74, 6) is 0. The summed E-state index contributed by atoms with van der Waals surface area (Å²) >= 11 is 1.03. The van der Waals surface area contributed by atoms with Gasteiger partial charge in [0.05, 0.1) is 9.88 Å². The van der Waals surface area contributed by atoms with E-state index >= 15 is 0 Å². The second kappa shape index (κ2) is 5.30. The summed E-state index contributed by atoms with van der Waals surface area (Å²) in [4.78, 5) is 3.78. The van der Waals surface area contributed by atoms with Gasteiger partial charge < -0.3 is 5.73 Å². The minimum atomic E-state index is -4.43. The van der Waals surface area contributed by atoms with Crippen molar-refractivity contribution in [2.75, 3.05) is 0 Å². The lowest BCUT2D eigenvalue weighted by Gasteiger charge is -2.03. The third-order valence-electron chi connectivity index (χ3n) is 2.63. The molecule has 19 heavy (non-hydrogen) atoms. The van der Waals surface area contributed by atoms with Crippen LogP contribution in [0.1, 0.15) is 26.7 Å². The van der Waals surface area contributed by atoms with Crippen molar-refractivity contribution in [1.82, 2.24) is 4.98 Å². The molecule has 0 fully saturated rings. The van der Waals surface area contributed by atoms with E-state index in [2.05, 4.69) is 4.98 Å². The molecule has 0 atom stereocenters. The topological polar surface area (TPSA) is 38.9 Å². The van der Waals surface area contributed by atoms with E-state index in [4.69, 9.17) is 5.73 Å². The SMILES string of the molecule is Cc1cccc(Cc2nc(C(F)(F)F)c(CN)s2)c1. The van der Waals surface area contributed by atoms with E-state index in [1.165, 1.54) is 0 Å². The Hall–Kier alpha value is -1.40. The van der Waals surface area contributed by atoms with Gasteiger partial charge in [-0.2, -0.15) is 13.2 Å². The molecule has 0 aliphatic rings. The minimum Gasteiger partial charge on any atom is -0.326 e. The van der Waals surface area contributed by atoms with E-state index in [0.29, 0.717) is 11.4 Å². The van der Waals surface area contributed by atoms with Crippen LogP contribution in [0.2, 0.25) is 0 Å². The van der Waals surface area contributed by atoms with Crippen LogP contribution < -0.4 is 5.73 Å². The Kier molecular flexibility index (Phi) is 3.91. The van der Waals surface area contributed by atoms with Crippen molar-refractivity contribution in [1.29, 1.82) is 0 Å². The molecule has 2 aromatic rings. The van der Waals surface area contributed by atoms with E-state index in [0.717, 1.165) is 22.5 Å². The number of nitrogens with zero attached hydrogens (tertiary/aromatic N) is 1. The van der Waals surface area contributed by atoms with Crippen LogP contribution in [0.15, 0.2) is 24.3 Å². The zero-order valence-corrected chi connectivity index (χ0v) is 11.1. The number of halogens is 3. The van der Waals surface area contributed by atoms with Crippen LogP contribution in [0.25, 0.3) is 0 Å². The molecule has 0 radical (unpaired) electrons. The fourth-order valence-electron chi connectivity index (χ4n) is 1.83. The molecule has 102 valence electrons. The smallest absolute Gasteiger partial charge is 0.326 e. The number of thiazole rings is 1. The van der Waals surface area contributed by atoms with Crippen LogP contribution in [0.4, 0.5) is 13.2 Å². The predicted octanol–water partition coefficient (Wildman–Crippen LogP) is 3.52. The van der Waals surface area contributed by atoms with Crippen molar-refractivity contribution >= 4 is 11.3 Å². The van der Waals surface area contributed by atoms with Gasteiger partial charge in [-0.05, 0) is 12.5 Å². The first kappa shape index (κ1) is 14.0. The first-order chi connectivity index (χ1) is 8.90. The van der Waals surface area contributed by atoms with Crippen LogP contribution in [0.3, 0.4) is 0 Å². The molecule has 1 heterocycles. The quantitative estimate of drug-likeness (QED) is 0.937. The van der Waals surface area contributed by atoms with Gasteiger partial charge in [-0.25, -0.2) is 4.98 Å². The molecule has 0 aliphatic heterocycles. The van der Waals surface area contributed by atoms with Crippen LogP contribution in [-0.4, -0.2) is 4.98 Å². The van der Waals surface area contributed by atoms with Gasteiger partial charge in [-0.3, -0.25) is 0 Å². The third-order valence-corrected chi connectivity index (χ3v) is 3.71. The largest absolute Gasteiger partial charge is 0.434 e. The number of hydrogen-bond acceptors (Lipinski definition) is 3. The zero-order chi connectivity index (χ0) is 14.0. The molecular formula is C13H13F3N2S. The van der Waals surface area contributed by atoms with Crippen molar-refractivity contribution in [3.8, 4) is 0 Å². The van der Waals surface area contributed by atoms with E-state index in [1.54, 1.807) is 0 Å². The molecule has 1 aromatic carbocycles. The van der Waals surface area contributed by atoms with E-state index in [9.17, 15) is 13.2 Å². The second-order valence-corrected chi connectivity index (χ2v) is 5.42. The first-order valence-corrected chi connectivity index (χ1v) is 6.53. The van der Waals surface area contributed by atoms with E-state index in [1.807, 2.05) is 31.2 Å². The highest BCUT2D eigenvalue weighted by atomic mass is 32.1. The summed E-state index contributed by atoms with van der Waals surface area (Å²) in [6.45, 7) is 1.80. The van der Waals surface area contributed by atoms with Crippen LogP contribution in [0, 0.1) is 6.92 Å². The van der Waals surface area contributed by atoms with Gasteiger partial charge in [-0.1, -0.05) is 29.8 Å². The molecule has 0 aliphatic carbocycles. The summed E-state index contributed by atoms with van der Waals surface area (Å²) in [6.07, 6.45) is -4.04. The lowest BCUT2D eigenvalue weighted by Crippen LogP contribution is -2.10. The molecule has 0 amide bonds. The van der Waals surface area contributed by atoms with Gasteiger partial charge in [0.15, 0.2) is 5.69 Å². The summed E-state index contributed by atoms with van der Waals surface area (Å²) in [5, 5.41) is 0.443. The van der Waals surface area contributed by atoms with Crippen molar-refractivity contribution in [2.45, 2.75) is 26.1 Å². The average molecular weight is 286 g/mol. The van der Waals surface area contributed by atoms with Gasteiger partial charge in [0.2, 0.25) is 0 Å². The summed E-state index contributed by atoms with van der Waals surface area (Å²) < 4.78 is 38.2. The number of nitrogens with two attached hydrogens (primary N) is 1. The Morgan fingerprint density at radius 1 is 1.32 bits per heavy atom. The molecule has 1 aromatic heterocycles. The molecule has 0 spiro atoms. The molecule has 0 saturated carbocycles.